The molecule has 0 heterocycles. The third kappa shape index (κ3) is 3.97. The lowest BCUT2D eigenvalue weighted by atomic mass is 9.80. The van der Waals surface area contributed by atoms with Crippen molar-refractivity contribution in [1.29, 1.82) is 0 Å². The summed E-state index contributed by atoms with van der Waals surface area (Å²) >= 11 is 5.95. The van der Waals surface area contributed by atoms with Crippen molar-refractivity contribution in [3.8, 4) is 0 Å². The van der Waals surface area contributed by atoms with Gasteiger partial charge in [-0.3, -0.25) is 0 Å². The molecule has 1 aromatic carbocycles. The Hall–Kier alpha value is -0.570. The van der Waals surface area contributed by atoms with Gasteiger partial charge in [0, 0.05) is 11.1 Å². The molecule has 1 fully saturated rings. The van der Waals surface area contributed by atoms with E-state index in [0.717, 1.165) is 35.3 Å². The van der Waals surface area contributed by atoms with Gasteiger partial charge in [-0.1, -0.05) is 37.6 Å². The molecule has 5 atom stereocenters. The molecule has 5 unspecified atom stereocenters. The predicted octanol–water partition coefficient (Wildman–Crippen LogP) is 4.57. The summed E-state index contributed by atoms with van der Waals surface area (Å²) in [6.07, 6.45) is 3.81. The second-order valence-electron chi connectivity index (χ2n) is 6.36. The Morgan fingerprint density at radius 3 is 2.35 bits per heavy atom. The van der Waals surface area contributed by atoms with Crippen LogP contribution in [-0.2, 0) is 4.74 Å². The summed E-state index contributed by atoms with van der Waals surface area (Å²) in [7, 11) is 0. The van der Waals surface area contributed by atoms with Crippen molar-refractivity contribution in [3.05, 3.63) is 34.9 Å². The van der Waals surface area contributed by atoms with Gasteiger partial charge in [-0.2, -0.15) is 0 Å². The average molecular weight is 296 g/mol. The maximum atomic E-state index is 6.33. The van der Waals surface area contributed by atoms with Gasteiger partial charge in [-0.25, -0.2) is 0 Å². The van der Waals surface area contributed by atoms with Gasteiger partial charge in [0.05, 0.1) is 12.2 Å². The molecular weight excluding hydrogens is 270 g/mol. The normalized spacial score (nSPS) is 29.9. The van der Waals surface area contributed by atoms with E-state index in [1.165, 1.54) is 6.42 Å². The molecule has 1 saturated carbocycles. The van der Waals surface area contributed by atoms with Crippen LogP contribution in [0.2, 0.25) is 5.02 Å². The SMILES string of the molecule is CC(N)C(OC1CCC(C)C(C)C1)c1ccc(Cl)cc1. The zero-order valence-electron chi connectivity index (χ0n) is 12.7. The quantitative estimate of drug-likeness (QED) is 0.883. The Labute approximate surface area is 127 Å². The molecule has 0 radical (unpaired) electrons. The monoisotopic (exact) mass is 295 g/mol. The standard InChI is InChI=1S/C17H26ClNO/c1-11-4-9-16(10-12(11)2)20-17(13(3)19)14-5-7-15(18)8-6-14/h5-8,11-13,16-17H,4,9-10,19H2,1-3H3. The Bertz CT molecular complexity index is 418. The molecule has 0 aromatic heterocycles. The van der Waals surface area contributed by atoms with Crippen molar-refractivity contribution in [2.24, 2.45) is 17.6 Å². The van der Waals surface area contributed by atoms with Gasteiger partial charge in [-0.15, -0.1) is 0 Å². The van der Waals surface area contributed by atoms with Crippen LogP contribution >= 0.6 is 11.6 Å². The van der Waals surface area contributed by atoms with E-state index < -0.39 is 0 Å². The first-order valence-electron chi connectivity index (χ1n) is 7.64. The molecule has 0 amide bonds. The Morgan fingerprint density at radius 2 is 1.80 bits per heavy atom. The van der Waals surface area contributed by atoms with E-state index in [2.05, 4.69) is 13.8 Å². The van der Waals surface area contributed by atoms with Crippen LogP contribution in [0.25, 0.3) is 0 Å². The number of nitrogens with two attached hydrogens (primary N) is 1. The third-order valence-corrected chi connectivity index (χ3v) is 4.82. The van der Waals surface area contributed by atoms with Crippen molar-refractivity contribution < 1.29 is 4.74 Å². The molecule has 0 aliphatic heterocycles. The molecule has 2 nitrogen and oxygen atoms in total. The van der Waals surface area contributed by atoms with E-state index in [0.29, 0.717) is 6.10 Å². The zero-order chi connectivity index (χ0) is 14.7. The molecule has 2 rings (SSSR count). The van der Waals surface area contributed by atoms with Gasteiger partial charge in [0.2, 0.25) is 0 Å². The molecule has 1 aliphatic carbocycles. The maximum Gasteiger partial charge on any atom is 0.0976 e. The molecule has 2 N–H and O–H groups in total. The summed E-state index contributed by atoms with van der Waals surface area (Å²) in [5, 5.41) is 0.747. The van der Waals surface area contributed by atoms with Crippen LogP contribution in [0.15, 0.2) is 24.3 Å². The van der Waals surface area contributed by atoms with Gasteiger partial charge >= 0.3 is 0 Å². The minimum atomic E-state index is -0.0436. The van der Waals surface area contributed by atoms with Crippen LogP contribution in [0.3, 0.4) is 0 Å². The number of benzene rings is 1. The number of rotatable bonds is 4. The van der Waals surface area contributed by atoms with E-state index in [9.17, 15) is 0 Å². The first kappa shape index (κ1) is 15.8. The second kappa shape index (κ2) is 6.93. The fraction of sp³-hybridized carbons (Fsp3) is 0.647. The summed E-state index contributed by atoms with van der Waals surface area (Å²) in [4.78, 5) is 0. The van der Waals surface area contributed by atoms with E-state index in [-0.39, 0.29) is 12.1 Å². The lowest BCUT2D eigenvalue weighted by Gasteiger charge is -2.35. The average Bonchev–Trinajstić information content (AvgIpc) is 2.41. The molecule has 1 aromatic rings. The highest BCUT2D eigenvalue weighted by Crippen LogP contribution is 2.34. The number of hydrogen-bond donors (Lipinski definition) is 1. The fourth-order valence-corrected chi connectivity index (χ4v) is 3.11. The number of halogens is 1. The van der Waals surface area contributed by atoms with Crippen LogP contribution < -0.4 is 5.73 Å². The van der Waals surface area contributed by atoms with E-state index in [1.54, 1.807) is 0 Å². The summed E-state index contributed by atoms with van der Waals surface area (Å²) in [6, 6.07) is 7.82. The van der Waals surface area contributed by atoms with Crippen molar-refractivity contribution in [3.63, 3.8) is 0 Å². The van der Waals surface area contributed by atoms with Crippen LogP contribution in [-0.4, -0.2) is 12.1 Å². The zero-order valence-corrected chi connectivity index (χ0v) is 13.4. The molecule has 0 bridgehead atoms. The van der Waals surface area contributed by atoms with Crippen LogP contribution in [0.4, 0.5) is 0 Å². The first-order valence-corrected chi connectivity index (χ1v) is 8.01. The largest absolute Gasteiger partial charge is 0.369 e. The second-order valence-corrected chi connectivity index (χ2v) is 6.79. The van der Waals surface area contributed by atoms with Gasteiger partial charge in [0.15, 0.2) is 0 Å². The van der Waals surface area contributed by atoms with Gasteiger partial charge in [0.25, 0.3) is 0 Å². The van der Waals surface area contributed by atoms with Crippen molar-refractivity contribution in [2.75, 3.05) is 0 Å². The number of hydrogen-bond acceptors (Lipinski definition) is 2. The van der Waals surface area contributed by atoms with Crippen LogP contribution in [0.5, 0.6) is 0 Å². The van der Waals surface area contributed by atoms with Crippen molar-refractivity contribution in [1.82, 2.24) is 0 Å². The minimum Gasteiger partial charge on any atom is -0.369 e. The van der Waals surface area contributed by atoms with Crippen LogP contribution in [0.1, 0.15) is 51.7 Å². The summed E-state index contributed by atoms with van der Waals surface area (Å²) in [5.41, 5.74) is 7.25. The topological polar surface area (TPSA) is 35.2 Å². The third-order valence-electron chi connectivity index (χ3n) is 4.57. The first-order chi connectivity index (χ1) is 9.47. The molecular formula is C17H26ClNO. The van der Waals surface area contributed by atoms with Crippen LogP contribution in [0, 0.1) is 11.8 Å². The molecule has 0 spiro atoms. The maximum absolute atomic E-state index is 6.33. The lowest BCUT2D eigenvalue weighted by Crippen LogP contribution is -2.34. The molecule has 3 heteroatoms. The highest BCUT2D eigenvalue weighted by Gasteiger charge is 2.28. The minimum absolute atomic E-state index is 0.0224. The summed E-state index contributed by atoms with van der Waals surface area (Å²) < 4.78 is 6.33. The highest BCUT2D eigenvalue weighted by atomic mass is 35.5. The van der Waals surface area contributed by atoms with Gasteiger partial charge in [-0.05, 0) is 55.7 Å². The lowest BCUT2D eigenvalue weighted by molar-refractivity contribution is -0.0568. The van der Waals surface area contributed by atoms with Crippen molar-refractivity contribution >= 4 is 11.6 Å². The Balaban J connectivity index is 2.04. The van der Waals surface area contributed by atoms with E-state index >= 15 is 0 Å². The highest BCUT2D eigenvalue weighted by molar-refractivity contribution is 6.30. The summed E-state index contributed by atoms with van der Waals surface area (Å²) in [6.45, 7) is 6.67. The molecule has 20 heavy (non-hydrogen) atoms. The smallest absolute Gasteiger partial charge is 0.0976 e. The molecule has 0 saturated heterocycles. The molecule has 1 aliphatic rings. The summed E-state index contributed by atoms with van der Waals surface area (Å²) in [5.74, 6) is 1.53. The van der Waals surface area contributed by atoms with Gasteiger partial charge in [0.1, 0.15) is 0 Å². The molecule has 112 valence electrons. The Kier molecular flexibility index (Phi) is 5.48. The van der Waals surface area contributed by atoms with E-state index in [1.807, 2.05) is 31.2 Å². The predicted molar refractivity (Wildman–Crippen MR) is 84.9 cm³/mol. The number of ether oxygens (including phenoxy) is 1. The fourth-order valence-electron chi connectivity index (χ4n) is 2.99. The van der Waals surface area contributed by atoms with Gasteiger partial charge < -0.3 is 10.5 Å². The van der Waals surface area contributed by atoms with Crippen molar-refractivity contribution in [2.45, 2.75) is 58.3 Å². The Morgan fingerprint density at radius 1 is 1.15 bits per heavy atom. The van der Waals surface area contributed by atoms with E-state index in [4.69, 9.17) is 22.1 Å².